The molecule has 0 aliphatic heterocycles. The number of hydrogen-bond donors (Lipinski definition) is 2. The van der Waals surface area contributed by atoms with E-state index in [4.69, 9.17) is 0 Å². The van der Waals surface area contributed by atoms with Gasteiger partial charge in [0.25, 0.3) is 0 Å². The summed E-state index contributed by atoms with van der Waals surface area (Å²) in [6, 6.07) is 15.4. The molecular weight excluding hydrogens is 332 g/mol. The van der Waals surface area contributed by atoms with Gasteiger partial charge >= 0.3 is 0 Å². The van der Waals surface area contributed by atoms with E-state index in [1.54, 1.807) is 0 Å². The SMILES string of the molecule is CC(=O)Nc1cccc(SC(C)C(=O)Nc2ccc(C(C)C)cc2)c1. The van der Waals surface area contributed by atoms with Gasteiger partial charge in [0.2, 0.25) is 11.8 Å². The summed E-state index contributed by atoms with van der Waals surface area (Å²) >= 11 is 1.46. The summed E-state index contributed by atoms with van der Waals surface area (Å²) in [7, 11) is 0. The Morgan fingerprint density at radius 1 is 0.920 bits per heavy atom. The molecule has 4 nitrogen and oxygen atoms in total. The van der Waals surface area contributed by atoms with E-state index in [-0.39, 0.29) is 17.1 Å². The standard InChI is InChI=1S/C20H24N2O2S/c1-13(2)16-8-10-17(11-9-16)22-20(24)14(3)25-19-7-5-6-18(12-19)21-15(4)23/h5-14H,1-4H3,(H,21,23)(H,22,24). The Morgan fingerprint density at radius 2 is 1.60 bits per heavy atom. The molecule has 0 aliphatic rings. The molecule has 1 unspecified atom stereocenters. The molecule has 2 aromatic rings. The van der Waals surface area contributed by atoms with Gasteiger partial charge in [-0.25, -0.2) is 0 Å². The fourth-order valence-corrected chi connectivity index (χ4v) is 3.23. The summed E-state index contributed by atoms with van der Waals surface area (Å²) in [6.07, 6.45) is 0. The first kappa shape index (κ1) is 19.1. The number of carbonyl (C=O) groups excluding carboxylic acids is 2. The molecule has 2 amide bonds. The number of anilines is 2. The molecule has 0 bridgehead atoms. The van der Waals surface area contributed by atoms with Gasteiger partial charge in [0.05, 0.1) is 5.25 Å². The molecule has 2 rings (SSSR count). The molecule has 0 spiro atoms. The van der Waals surface area contributed by atoms with E-state index in [1.807, 2.05) is 55.5 Å². The third-order valence-electron chi connectivity index (χ3n) is 3.68. The average molecular weight is 356 g/mol. The fourth-order valence-electron chi connectivity index (χ4n) is 2.30. The quantitative estimate of drug-likeness (QED) is 0.725. The van der Waals surface area contributed by atoms with Crippen molar-refractivity contribution in [3.05, 3.63) is 54.1 Å². The molecular formula is C20H24N2O2S. The lowest BCUT2D eigenvalue weighted by Gasteiger charge is -2.13. The van der Waals surface area contributed by atoms with Gasteiger partial charge in [-0.15, -0.1) is 11.8 Å². The molecule has 0 radical (unpaired) electrons. The van der Waals surface area contributed by atoms with Gasteiger partial charge in [-0.05, 0) is 48.7 Å². The number of nitrogens with one attached hydrogen (secondary N) is 2. The van der Waals surface area contributed by atoms with Crippen molar-refractivity contribution in [2.45, 2.75) is 43.8 Å². The molecule has 0 fully saturated rings. The molecule has 5 heteroatoms. The molecule has 0 aromatic heterocycles. The van der Waals surface area contributed by atoms with Crippen molar-refractivity contribution < 1.29 is 9.59 Å². The molecule has 0 saturated heterocycles. The van der Waals surface area contributed by atoms with E-state index in [9.17, 15) is 9.59 Å². The maximum absolute atomic E-state index is 12.4. The van der Waals surface area contributed by atoms with Gasteiger partial charge in [0.1, 0.15) is 0 Å². The summed E-state index contributed by atoms with van der Waals surface area (Å²) in [5, 5.41) is 5.44. The number of hydrogen-bond acceptors (Lipinski definition) is 3. The third kappa shape index (κ3) is 5.94. The highest BCUT2D eigenvalue weighted by molar-refractivity contribution is 8.00. The second kappa shape index (κ2) is 8.72. The van der Waals surface area contributed by atoms with Crippen LogP contribution >= 0.6 is 11.8 Å². The van der Waals surface area contributed by atoms with Gasteiger partial charge in [-0.2, -0.15) is 0 Å². The predicted molar refractivity (Wildman–Crippen MR) is 105 cm³/mol. The summed E-state index contributed by atoms with van der Waals surface area (Å²) < 4.78 is 0. The summed E-state index contributed by atoms with van der Waals surface area (Å²) in [4.78, 5) is 24.5. The number of thioether (sulfide) groups is 1. The average Bonchev–Trinajstić information content (AvgIpc) is 2.55. The normalized spacial score (nSPS) is 11.9. The lowest BCUT2D eigenvalue weighted by Crippen LogP contribution is -2.22. The van der Waals surface area contributed by atoms with Crippen LogP contribution in [0.4, 0.5) is 11.4 Å². The molecule has 0 aliphatic carbocycles. The molecule has 132 valence electrons. The van der Waals surface area contributed by atoms with E-state index in [0.717, 1.165) is 16.3 Å². The van der Waals surface area contributed by atoms with Gasteiger partial charge < -0.3 is 10.6 Å². The molecule has 25 heavy (non-hydrogen) atoms. The smallest absolute Gasteiger partial charge is 0.237 e. The highest BCUT2D eigenvalue weighted by Gasteiger charge is 2.15. The zero-order valence-electron chi connectivity index (χ0n) is 15.0. The van der Waals surface area contributed by atoms with Crippen LogP contribution in [0.2, 0.25) is 0 Å². The highest BCUT2D eigenvalue weighted by atomic mass is 32.2. The molecule has 2 aromatic carbocycles. The third-order valence-corrected chi connectivity index (χ3v) is 4.78. The predicted octanol–water partition coefficient (Wildman–Crippen LogP) is 4.89. The lowest BCUT2D eigenvalue weighted by molar-refractivity contribution is -0.115. The molecule has 2 N–H and O–H groups in total. The van der Waals surface area contributed by atoms with Gasteiger partial charge in [-0.1, -0.05) is 32.0 Å². The Labute approximate surface area is 153 Å². The van der Waals surface area contributed by atoms with Crippen LogP contribution < -0.4 is 10.6 Å². The molecule has 0 heterocycles. The Bertz CT molecular complexity index is 742. The Hall–Kier alpha value is -2.27. The van der Waals surface area contributed by atoms with Crippen LogP contribution in [0.15, 0.2) is 53.4 Å². The van der Waals surface area contributed by atoms with Crippen LogP contribution in [-0.4, -0.2) is 17.1 Å². The zero-order chi connectivity index (χ0) is 18.4. The van der Waals surface area contributed by atoms with Gasteiger partial charge in [-0.3, -0.25) is 9.59 Å². The number of rotatable bonds is 6. The van der Waals surface area contributed by atoms with Crippen molar-refractivity contribution in [3.63, 3.8) is 0 Å². The van der Waals surface area contributed by atoms with Crippen molar-refractivity contribution in [2.24, 2.45) is 0 Å². The number of benzene rings is 2. The Balaban J connectivity index is 1.97. The fraction of sp³-hybridized carbons (Fsp3) is 0.300. The summed E-state index contributed by atoms with van der Waals surface area (Å²) in [5.41, 5.74) is 2.78. The first-order chi connectivity index (χ1) is 11.8. The Morgan fingerprint density at radius 3 is 2.20 bits per heavy atom. The summed E-state index contributed by atoms with van der Waals surface area (Å²) in [5.74, 6) is 0.306. The number of carbonyl (C=O) groups is 2. The minimum Gasteiger partial charge on any atom is -0.326 e. The largest absolute Gasteiger partial charge is 0.326 e. The zero-order valence-corrected chi connectivity index (χ0v) is 15.8. The van der Waals surface area contributed by atoms with E-state index in [1.165, 1.54) is 24.2 Å². The monoisotopic (exact) mass is 356 g/mol. The van der Waals surface area contributed by atoms with Crippen molar-refractivity contribution in [1.29, 1.82) is 0 Å². The maximum atomic E-state index is 12.4. The van der Waals surface area contributed by atoms with Crippen molar-refractivity contribution in [3.8, 4) is 0 Å². The minimum atomic E-state index is -0.252. The minimum absolute atomic E-state index is 0.0489. The van der Waals surface area contributed by atoms with Crippen LogP contribution in [0.3, 0.4) is 0 Å². The van der Waals surface area contributed by atoms with E-state index in [0.29, 0.717) is 5.92 Å². The second-order valence-electron chi connectivity index (χ2n) is 6.24. The van der Waals surface area contributed by atoms with E-state index >= 15 is 0 Å². The van der Waals surface area contributed by atoms with Crippen LogP contribution in [0.25, 0.3) is 0 Å². The highest BCUT2D eigenvalue weighted by Crippen LogP contribution is 2.27. The molecule has 1 atom stereocenters. The lowest BCUT2D eigenvalue weighted by atomic mass is 10.0. The van der Waals surface area contributed by atoms with Crippen molar-refractivity contribution >= 4 is 35.0 Å². The van der Waals surface area contributed by atoms with Crippen molar-refractivity contribution in [1.82, 2.24) is 0 Å². The van der Waals surface area contributed by atoms with E-state index in [2.05, 4.69) is 24.5 Å². The first-order valence-corrected chi connectivity index (χ1v) is 9.18. The first-order valence-electron chi connectivity index (χ1n) is 8.30. The Kier molecular flexibility index (Phi) is 6.65. The van der Waals surface area contributed by atoms with Gasteiger partial charge in [0, 0.05) is 23.2 Å². The summed E-state index contributed by atoms with van der Waals surface area (Å²) in [6.45, 7) is 7.62. The maximum Gasteiger partial charge on any atom is 0.237 e. The van der Waals surface area contributed by atoms with Crippen molar-refractivity contribution in [2.75, 3.05) is 10.6 Å². The van der Waals surface area contributed by atoms with Crippen LogP contribution in [0.5, 0.6) is 0 Å². The topological polar surface area (TPSA) is 58.2 Å². The second-order valence-corrected chi connectivity index (χ2v) is 7.65. The molecule has 0 saturated carbocycles. The number of amides is 2. The van der Waals surface area contributed by atoms with Crippen LogP contribution in [0.1, 0.15) is 39.2 Å². The van der Waals surface area contributed by atoms with Crippen LogP contribution in [-0.2, 0) is 9.59 Å². The van der Waals surface area contributed by atoms with Crippen LogP contribution in [0, 0.1) is 0 Å². The van der Waals surface area contributed by atoms with Gasteiger partial charge in [0.15, 0.2) is 0 Å². The van der Waals surface area contributed by atoms with E-state index < -0.39 is 0 Å².